The van der Waals surface area contributed by atoms with Gasteiger partial charge >= 0.3 is 54.0 Å². The van der Waals surface area contributed by atoms with E-state index < -0.39 is 66.3 Å². The Hall–Kier alpha value is -6.97. The molecule has 1 unspecified atom stereocenters. The number of nitrogens with zero attached hydrogens (tertiary/aromatic N) is 11. The van der Waals surface area contributed by atoms with Crippen LogP contribution >= 0.6 is 0 Å². The molecule has 1 aromatic heterocycles. The number of rotatable bonds is 37. The molecule has 3 fully saturated rings. The summed E-state index contributed by atoms with van der Waals surface area (Å²) in [5.41, 5.74) is 1.65. The molecule has 527 valence electrons. The third-order valence-corrected chi connectivity index (χ3v) is 16.0. The molecular weight excluding hydrogens is 1380 g/mol. The van der Waals surface area contributed by atoms with Crippen LogP contribution in [0.4, 0.5) is 28.3 Å². The van der Waals surface area contributed by atoms with Crippen LogP contribution in [-0.2, 0) is 54.4 Å². The zero-order valence-corrected chi connectivity index (χ0v) is 54.5. The van der Waals surface area contributed by atoms with Crippen LogP contribution in [0.15, 0.2) is 24.3 Å². The normalized spacial score (nSPS) is 17.3. The largest absolute Gasteiger partial charge is 0.481 e. The van der Waals surface area contributed by atoms with Gasteiger partial charge in [0.2, 0.25) is 23.8 Å². The van der Waals surface area contributed by atoms with Crippen molar-refractivity contribution in [3.63, 3.8) is 0 Å². The predicted octanol–water partition coefficient (Wildman–Crippen LogP) is 0.244. The van der Waals surface area contributed by atoms with Crippen molar-refractivity contribution in [2.75, 3.05) is 160 Å². The van der Waals surface area contributed by atoms with Gasteiger partial charge in [0.15, 0.2) is 0 Å². The Labute approximate surface area is 569 Å². The third kappa shape index (κ3) is 33.6. The molecule has 0 bridgehead atoms. The summed E-state index contributed by atoms with van der Waals surface area (Å²) in [7, 11) is 1.93. The zero-order valence-electron chi connectivity index (χ0n) is 52.8. The number of likely N-dealkylation sites (N-methyl/N-ethyl adjacent to an activating group) is 1. The van der Waals surface area contributed by atoms with Crippen molar-refractivity contribution in [2.45, 2.75) is 114 Å². The van der Waals surface area contributed by atoms with Crippen LogP contribution in [0.2, 0.25) is 0 Å². The maximum absolute atomic E-state index is 12.4. The van der Waals surface area contributed by atoms with Gasteiger partial charge in [0.1, 0.15) is 12.1 Å². The van der Waals surface area contributed by atoms with E-state index in [1.165, 1.54) is 0 Å². The van der Waals surface area contributed by atoms with Crippen LogP contribution in [0.5, 0.6) is 0 Å². The van der Waals surface area contributed by atoms with Gasteiger partial charge in [-0.1, -0.05) is 50.7 Å². The standard InChI is InChI=1S/C58H93N15O16.CO2.Lu/c1-66-22-23-68(38-49(77)78)24-25-69(39-50(79)80)30-35-73(41-52(83)84)44(37-66)36-42-14-16-43(17-15-42)60-55-63-56(65-57(64-55)72-33-28-70(29-34-72)40-51(81)82)71-31-26-67(27-32-71)21-11-7-5-3-2-4-6-8-13-47(74)59-20-10-9-12-45(53(85)86)61-58(89)62-46(54(87)88)18-19-48(75)76;2-1-3;/h14-17,44-46H,2-13,18-41H2,1H3,(H,59,74)(H,75,76)(H,77,78)(H,79,80)(H,81,82)(H,83,84)(H,85,86)(H,87,88)(H2,61,62,89)(H,60,63,64,65);;/t44?,45-,46-;;/m0../s1. The van der Waals surface area contributed by atoms with Crippen LogP contribution < -0.4 is 31.1 Å². The van der Waals surface area contributed by atoms with Crippen molar-refractivity contribution >= 4 is 83.4 Å². The monoisotopic (exact) mass is 1470 g/mol. The van der Waals surface area contributed by atoms with Gasteiger partial charge in [0.25, 0.3) is 0 Å². The first-order valence-electron chi connectivity index (χ1n) is 31.3. The number of amides is 3. The molecule has 34 heteroatoms. The molecule has 0 aliphatic carbocycles. The summed E-state index contributed by atoms with van der Waals surface area (Å²) in [6, 6.07) is 3.66. The van der Waals surface area contributed by atoms with E-state index in [4.69, 9.17) is 29.6 Å². The number of carbonyl (C=O) groups is 9. The topological polar surface area (TPSA) is 442 Å². The Bertz CT molecular complexity index is 2700. The number of nitrogens with one attached hydrogen (secondary N) is 4. The number of anilines is 4. The molecule has 3 aliphatic heterocycles. The maximum atomic E-state index is 12.4. The minimum absolute atomic E-state index is 0. The summed E-state index contributed by atoms with van der Waals surface area (Å²) < 4.78 is 0. The Morgan fingerprint density at radius 1 is 0.516 bits per heavy atom. The summed E-state index contributed by atoms with van der Waals surface area (Å²) in [6.07, 6.45) is 9.36. The van der Waals surface area contributed by atoms with E-state index in [2.05, 4.69) is 36.0 Å². The first-order valence-corrected chi connectivity index (χ1v) is 31.3. The Morgan fingerprint density at radius 3 is 1.46 bits per heavy atom. The van der Waals surface area contributed by atoms with Gasteiger partial charge in [-0.05, 0) is 76.2 Å². The van der Waals surface area contributed by atoms with Crippen molar-refractivity contribution < 1.29 is 125 Å². The molecule has 3 saturated heterocycles. The van der Waals surface area contributed by atoms with Gasteiger partial charge in [0.05, 0.1) is 26.2 Å². The summed E-state index contributed by atoms with van der Waals surface area (Å²) in [5, 5.41) is 76.7. The second-order valence-electron chi connectivity index (χ2n) is 23.2. The first kappa shape index (κ1) is 80.3. The average Bonchev–Trinajstić information content (AvgIpc) is 3.31. The number of benzene rings is 1. The molecule has 11 N–H and O–H groups in total. The fourth-order valence-corrected chi connectivity index (χ4v) is 11.0. The minimum Gasteiger partial charge on any atom is -0.481 e. The molecule has 3 aliphatic rings. The van der Waals surface area contributed by atoms with Gasteiger partial charge in [-0.3, -0.25) is 53.3 Å². The molecule has 3 atom stereocenters. The molecule has 93 heavy (non-hydrogen) atoms. The van der Waals surface area contributed by atoms with E-state index in [-0.39, 0.29) is 107 Å². The number of hydrogen-bond acceptors (Lipinski definition) is 23. The maximum Gasteiger partial charge on any atom is 0.373 e. The Balaban J connectivity index is 0.00000553. The molecule has 4 heterocycles. The number of carboxylic acids is 7. The summed E-state index contributed by atoms with van der Waals surface area (Å²) >= 11 is 0. The number of piperazine rings is 2. The fraction of sp³-hybridized carbons (Fsp3) is 0.678. The van der Waals surface area contributed by atoms with E-state index in [9.17, 15) is 73.8 Å². The van der Waals surface area contributed by atoms with Gasteiger partial charge in [-0.2, -0.15) is 24.5 Å². The molecule has 0 saturated carbocycles. The van der Waals surface area contributed by atoms with Crippen molar-refractivity contribution in [1.29, 1.82) is 0 Å². The van der Waals surface area contributed by atoms with Crippen LogP contribution in [-0.4, -0.2) is 303 Å². The van der Waals surface area contributed by atoms with Crippen LogP contribution in [0, 0.1) is 36.9 Å². The predicted molar refractivity (Wildman–Crippen MR) is 332 cm³/mol. The Morgan fingerprint density at radius 2 is 0.968 bits per heavy atom. The van der Waals surface area contributed by atoms with E-state index in [1.807, 2.05) is 46.0 Å². The number of aromatic nitrogens is 3. The number of urea groups is 1. The number of unbranched alkanes of at least 4 members (excludes halogenated alkanes) is 8. The van der Waals surface area contributed by atoms with E-state index in [1.54, 1.807) is 9.80 Å². The summed E-state index contributed by atoms with van der Waals surface area (Å²) in [4.78, 5) is 153. The van der Waals surface area contributed by atoms with E-state index in [0.29, 0.717) is 128 Å². The molecular formula is C59H93LuN15O18. The smallest absolute Gasteiger partial charge is 0.373 e. The van der Waals surface area contributed by atoms with Gasteiger partial charge < -0.3 is 71.7 Å². The first-order chi connectivity index (χ1) is 44.0. The second-order valence-corrected chi connectivity index (χ2v) is 23.2. The minimum atomic E-state index is -1.49. The number of hydrogen-bond donors (Lipinski definition) is 11. The number of carbonyl (C=O) groups excluding carboxylic acids is 4. The van der Waals surface area contributed by atoms with Crippen molar-refractivity contribution in [3.05, 3.63) is 29.8 Å². The average molecular weight is 1480 g/mol. The molecule has 5 rings (SSSR count). The van der Waals surface area contributed by atoms with E-state index in [0.717, 1.165) is 76.6 Å². The van der Waals surface area contributed by atoms with Crippen LogP contribution in [0.3, 0.4) is 0 Å². The molecule has 3 amide bonds. The number of carboxylic acid groups (broad SMARTS) is 7. The SMILES string of the molecule is CN1CCN(CC(=O)O)CCN(CC(=O)O)CCN(CC(=O)O)C(Cc2ccc(Nc3nc(N4CCN(CCCCCCCCCCC(=O)NCCCC[C@H](NC(=O)N[C@@H](CCC(=O)O)C(=O)O)C(=O)O)CC4)nc(N4CCN(CC(=O)O)CC4)n3)cc2)C1.O=C=O.[Lu]. The quantitative estimate of drug-likeness (QED) is 0.0404. The second kappa shape index (κ2) is 44.6. The molecule has 1 radical (unpaired) electrons. The van der Waals surface area contributed by atoms with Crippen molar-refractivity contribution in [3.8, 4) is 0 Å². The molecule has 2 aromatic rings. The van der Waals surface area contributed by atoms with Gasteiger partial charge in [-0.15, -0.1) is 0 Å². The zero-order chi connectivity index (χ0) is 67.4. The Kier molecular flexibility index (Phi) is 38.5. The summed E-state index contributed by atoms with van der Waals surface area (Å²) in [5.74, 6) is -6.58. The summed E-state index contributed by atoms with van der Waals surface area (Å²) in [6.45, 7) is 8.46. The molecule has 33 nitrogen and oxygen atoms in total. The van der Waals surface area contributed by atoms with Gasteiger partial charge in [-0.25, -0.2) is 14.4 Å². The van der Waals surface area contributed by atoms with Crippen LogP contribution in [0.1, 0.15) is 95.5 Å². The van der Waals surface area contributed by atoms with Crippen LogP contribution in [0.25, 0.3) is 0 Å². The van der Waals surface area contributed by atoms with Crippen molar-refractivity contribution in [2.24, 2.45) is 0 Å². The third-order valence-electron chi connectivity index (χ3n) is 16.0. The van der Waals surface area contributed by atoms with E-state index >= 15 is 0 Å². The number of aliphatic carboxylic acids is 7. The molecule has 1 aromatic carbocycles. The van der Waals surface area contributed by atoms with Gasteiger partial charge in [0, 0.05) is 166 Å². The van der Waals surface area contributed by atoms with Crippen molar-refractivity contribution in [1.82, 2.24) is 60.3 Å². The molecule has 0 spiro atoms. The fourth-order valence-electron chi connectivity index (χ4n) is 11.0.